The van der Waals surface area contributed by atoms with Crippen LogP contribution in [0.2, 0.25) is 0 Å². The van der Waals surface area contributed by atoms with Gasteiger partial charge < -0.3 is 10.6 Å². The molecule has 0 saturated heterocycles. The molecule has 5 nitrogen and oxygen atoms in total. The van der Waals surface area contributed by atoms with Gasteiger partial charge in [0.2, 0.25) is 11.8 Å². The van der Waals surface area contributed by atoms with Crippen molar-refractivity contribution in [1.29, 1.82) is 0 Å². The molecule has 0 spiro atoms. The van der Waals surface area contributed by atoms with Crippen molar-refractivity contribution in [2.24, 2.45) is 5.41 Å². The fourth-order valence-electron chi connectivity index (χ4n) is 2.32. The fraction of sp³-hybridized carbons (Fsp3) is 0.235. The Morgan fingerprint density at radius 2 is 1.74 bits per heavy atom. The molecule has 2 N–H and O–H groups in total. The summed E-state index contributed by atoms with van der Waals surface area (Å²) in [6.45, 7) is 1.83. The van der Waals surface area contributed by atoms with E-state index in [2.05, 4.69) is 15.6 Å². The van der Waals surface area contributed by atoms with Gasteiger partial charge in [0.15, 0.2) is 0 Å². The summed E-state index contributed by atoms with van der Waals surface area (Å²) in [7, 11) is 0. The van der Waals surface area contributed by atoms with E-state index in [4.69, 9.17) is 0 Å². The van der Waals surface area contributed by atoms with Gasteiger partial charge in [0, 0.05) is 23.8 Å². The molecule has 2 aromatic rings. The van der Waals surface area contributed by atoms with Crippen LogP contribution < -0.4 is 10.6 Å². The minimum atomic E-state index is -1.05. The Labute approximate surface area is 132 Å². The smallest absolute Gasteiger partial charge is 0.240 e. The topological polar surface area (TPSA) is 71.1 Å². The SMILES string of the molecule is Cc1cnccc1NC(=O)C1(C(=O)Nc2ccc(F)cc2)CC1. The van der Waals surface area contributed by atoms with Crippen molar-refractivity contribution in [2.45, 2.75) is 19.8 Å². The van der Waals surface area contributed by atoms with Crippen LogP contribution in [-0.4, -0.2) is 16.8 Å². The molecule has 6 heteroatoms. The first-order chi connectivity index (χ1) is 11.0. The highest BCUT2D eigenvalue weighted by Crippen LogP contribution is 2.47. The first kappa shape index (κ1) is 15.1. The van der Waals surface area contributed by atoms with Crippen LogP contribution in [0.15, 0.2) is 42.7 Å². The molecule has 1 heterocycles. The van der Waals surface area contributed by atoms with Crippen LogP contribution in [0.5, 0.6) is 0 Å². The van der Waals surface area contributed by atoms with Crippen molar-refractivity contribution < 1.29 is 14.0 Å². The fourth-order valence-corrected chi connectivity index (χ4v) is 2.32. The summed E-state index contributed by atoms with van der Waals surface area (Å²) >= 11 is 0. The number of benzene rings is 1. The van der Waals surface area contributed by atoms with E-state index < -0.39 is 5.41 Å². The summed E-state index contributed by atoms with van der Waals surface area (Å²) in [6.07, 6.45) is 4.22. The van der Waals surface area contributed by atoms with Gasteiger partial charge in [-0.05, 0) is 55.7 Å². The van der Waals surface area contributed by atoms with E-state index in [0.717, 1.165) is 5.56 Å². The molecule has 3 rings (SSSR count). The van der Waals surface area contributed by atoms with Crippen LogP contribution in [0.1, 0.15) is 18.4 Å². The highest BCUT2D eigenvalue weighted by Gasteiger charge is 2.56. The first-order valence-electron chi connectivity index (χ1n) is 7.30. The number of anilines is 2. The van der Waals surface area contributed by atoms with E-state index in [1.54, 1.807) is 18.5 Å². The molecule has 1 saturated carbocycles. The lowest BCUT2D eigenvalue weighted by Crippen LogP contribution is -2.35. The summed E-state index contributed by atoms with van der Waals surface area (Å²) < 4.78 is 12.9. The van der Waals surface area contributed by atoms with E-state index >= 15 is 0 Å². The predicted molar refractivity (Wildman–Crippen MR) is 84.3 cm³/mol. The van der Waals surface area contributed by atoms with Crippen molar-refractivity contribution in [3.63, 3.8) is 0 Å². The molecule has 118 valence electrons. The number of carbonyl (C=O) groups excluding carboxylic acids is 2. The maximum absolute atomic E-state index is 12.9. The number of aryl methyl sites for hydroxylation is 1. The zero-order valence-electron chi connectivity index (χ0n) is 12.6. The van der Waals surface area contributed by atoms with Crippen molar-refractivity contribution in [1.82, 2.24) is 4.98 Å². The summed E-state index contributed by atoms with van der Waals surface area (Å²) in [5.74, 6) is -1.07. The van der Waals surface area contributed by atoms with Crippen LogP contribution in [0.3, 0.4) is 0 Å². The molecule has 1 aliphatic carbocycles. The number of carbonyl (C=O) groups is 2. The summed E-state index contributed by atoms with van der Waals surface area (Å²) in [5, 5.41) is 5.46. The van der Waals surface area contributed by atoms with Crippen molar-refractivity contribution in [3.05, 3.63) is 54.1 Å². The third kappa shape index (κ3) is 3.06. The lowest BCUT2D eigenvalue weighted by atomic mass is 10.0. The minimum absolute atomic E-state index is 0.327. The van der Waals surface area contributed by atoms with Crippen LogP contribution in [0.25, 0.3) is 0 Å². The van der Waals surface area contributed by atoms with Gasteiger partial charge in [-0.15, -0.1) is 0 Å². The van der Waals surface area contributed by atoms with Crippen LogP contribution in [0.4, 0.5) is 15.8 Å². The predicted octanol–water partition coefficient (Wildman–Crippen LogP) is 2.89. The minimum Gasteiger partial charge on any atom is -0.325 e. The highest BCUT2D eigenvalue weighted by atomic mass is 19.1. The van der Waals surface area contributed by atoms with Gasteiger partial charge in [0.05, 0.1) is 0 Å². The Balaban J connectivity index is 1.71. The Morgan fingerprint density at radius 1 is 1.09 bits per heavy atom. The van der Waals surface area contributed by atoms with E-state index in [9.17, 15) is 14.0 Å². The zero-order chi connectivity index (χ0) is 16.4. The van der Waals surface area contributed by atoms with E-state index in [1.807, 2.05) is 6.92 Å². The van der Waals surface area contributed by atoms with Gasteiger partial charge in [-0.2, -0.15) is 0 Å². The van der Waals surface area contributed by atoms with E-state index in [1.165, 1.54) is 24.3 Å². The number of pyridine rings is 1. The number of aromatic nitrogens is 1. The molecule has 2 amide bonds. The Kier molecular flexibility index (Phi) is 3.82. The molecule has 0 radical (unpaired) electrons. The number of nitrogens with one attached hydrogen (secondary N) is 2. The third-order valence-corrected chi connectivity index (χ3v) is 3.99. The maximum atomic E-state index is 12.9. The number of halogens is 1. The molecule has 1 aromatic heterocycles. The number of nitrogens with zero attached hydrogens (tertiary/aromatic N) is 1. The largest absolute Gasteiger partial charge is 0.325 e. The highest BCUT2D eigenvalue weighted by molar-refractivity contribution is 6.17. The van der Waals surface area contributed by atoms with Gasteiger partial charge >= 0.3 is 0 Å². The quantitative estimate of drug-likeness (QED) is 0.853. The third-order valence-electron chi connectivity index (χ3n) is 3.99. The first-order valence-corrected chi connectivity index (χ1v) is 7.30. The molecule has 1 aromatic carbocycles. The average Bonchev–Trinajstić information content (AvgIpc) is 3.34. The molecular weight excluding hydrogens is 297 g/mol. The molecule has 0 bridgehead atoms. The van der Waals surface area contributed by atoms with Gasteiger partial charge in [-0.25, -0.2) is 4.39 Å². The lowest BCUT2D eigenvalue weighted by Gasteiger charge is -2.16. The summed E-state index contributed by atoms with van der Waals surface area (Å²) in [4.78, 5) is 28.9. The molecule has 0 aliphatic heterocycles. The number of hydrogen-bond donors (Lipinski definition) is 2. The zero-order valence-corrected chi connectivity index (χ0v) is 12.6. The van der Waals surface area contributed by atoms with Gasteiger partial charge in [-0.1, -0.05) is 0 Å². The summed E-state index contributed by atoms with van der Waals surface area (Å²) in [5.41, 5.74) is 0.890. The van der Waals surface area contributed by atoms with Crippen LogP contribution >= 0.6 is 0 Å². The molecule has 23 heavy (non-hydrogen) atoms. The number of hydrogen-bond acceptors (Lipinski definition) is 3. The molecule has 1 fully saturated rings. The standard InChI is InChI=1S/C17H16FN3O2/c1-11-10-19-9-6-14(11)21-16(23)17(7-8-17)15(22)20-13-4-2-12(18)3-5-13/h2-6,9-10H,7-8H2,1H3,(H,20,22)(H,19,21,23). The maximum Gasteiger partial charge on any atom is 0.240 e. The Hall–Kier alpha value is -2.76. The van der Waals surface area contributed by atoms with Crippen molar-refractivity contribution >= 4 is 23.2 Å². The van der Waals surface area contributed by atoms with Crippen LogP contribution in [0, 0.1) is 18.2 Å². The molecule has 0 unspecified atom stereocenters. The van der Waals surface area contributed by atoms with Gasteiger partial charge in [-0.3, -0.25) is 14.6 Å². The van der Waals surface area contributed by atoms with E-state index in [-0.39, 0.29) is 17.6 Å². The second-order valence-electron chi connectivity index (χ2n) is 5.69. The average molecular weight is 313 g/mol. The van der Waals surface area contributed by atoms with Crippen LogP contribution in [-0.2, 0) is 9.59 Å². The molecular formula is C17H16FN3O2. The van der Waals surface area contributed by atoms with Crippen molar-refractivity contribution in [3.8, 4) is 0 Å². The Bertz CT molecular complexity index is 755. The summed E-state index contributed by atoms with van der Waals surface area (Å²) in [6, 6.07) is 7.15. The monoisotopic (exact) mass is 313 g/mol. The van der Waals surface area contributed by atoms with Crippen molar-refractivity contribution in [2.75, 3.05) is 10.6 Å². The number of rotatable bonds is 4. The van der Waals surface area contributed by atoms with Gasteiger partial charge in [0.25, 0.3) is 0 Å². The second-order valence-corrected chi connectivity index (χ2v) is 5.69. The molecule has 1 aliphatic rings. The van der Waals surface area contributed by atoms with E-state index in [0.29, 0.717) is 24.2 Å². The number of amides is 2. The van der Waals surface area contributed by atoms with Gasteiger partial charge in [0.1, 0.15) is 11.2 Å². The Morgan fingerprint density at radius 3 is 2.35 bits per heavy atom. The lowest BCUT2D eigenvalue weighted by molar-refractivity contribution is -0.131. The molecule has 0 atom stereocenters. The second kappa shape index (κ2) is 5.79. The normalized spacial score (nSPS) is 14.9.